The molecule has 30 heavy (non-hydrogen) atoms. The van der Waals surface area contributed by atoms with Crippen molar-refractivity contribution in [3.8, 4) is 0 Å². The van der Waals surface area contributed by atoms with Crippen LogP contribution >= 0.6 is 23.4 Å². The van der Waals surface area contributed by atoms with Crippen molar-refractivity contribution >= 4 is 46.6 Å². The molecule has 0 bridgehead atoms. The van der Waals surface area contributed by atoms with E-state index < -0.39 is 4.87 Å². The van der Waals surface area contributed by atoms with Gasteiger partial charge in [-0.15, -0.1) is 11.8 Å². The molecule has 5 rings (SSSR count). The molecular weight excluding hydrogens is 423 g/mol. The van der Waals surface area contributed by atoms with Crippen LogP contribution in [-0.4, -0.2) is 17.6 Å². The Bertz CT molecular complexity index is 1190. The van der Waals surface area contributed by atoms with Crippen LogP contribution in [0.3, 0.4) is 0 Å². The molecule has 0 aromatic heterocycles. The van der Waals surface area contributed by atoms with Crippen LogP contribution in [0.1, 0.15) is 11.1 Å². The Morgan fingerprint density at radius 3 is 2.57 bits per heavy atom. The van der Waals surface area contributed by atoms with E-state index in [0.717, 1.165) is 5.56 Å². The van der Waals surface area contributed by atoms with Crippen LogP contribution in [0, 0.1) is 5.82 Å². The maximum Gasteiger partial charge on any atom is 0.269 e. The van der Waals surface area contributed by atoms with Crippen LogP contribution in [0.2, 0.25) is 5.02 Å². The highest BCUT2D eigenvalue weighted by Crippen LogP contribution is 2.56. The fourth-order valence-corrected chi connectivity index (χ4v) is 5.67. The van der Waals surface area contributed by atoms with Gasteiger partial charge in [0.05, 0.1) is 18.0 Å². The van der Waals surface area contributed by atoms with Gasteiger partial charge in [-0.2, -0.15) is 0 Å². The summed E-state index contributed by atoms with van der Waals surface area (Å²) in [6.07, 6.45) is 0. The number of halogens is 2. The third-order valence-electron chi connectivity index (χ3n) is 5.42. The van der Waals surface area contributed by atoms with Crippen LogP contribution in [0.15, 0.2) is 72.8 Å². The van der Waals surface area contributed by atoms with Gasteiger partial charge in [0.25, 0.3) is 5.91 Å². The van der Waals surface area contributed by atoms with Crippen molar-refractivity contribution < 1.29 is 14.0 Å². The minimum atomic E-state index is -1.23. The molecule has 0 N–H and O–H groups in total. The fourth-order valence-electron chi connectivity index (χ4n) is 4.12. The highest BCUT2D eigenvalue weighted by Gasteiger charge is 2.60. The Morgan fingerprint density at radius 2 is 1.77 bits per heavy atom. The summed E-state index contributed by atoms with van der Waals surface area (Å²) in [4.78, 5) is 28.7. The van der Waals surface area contributed by atoms with E-state index in [1.54, 1.807) is 47.4 Å². The molecule has 0 radical (unpaired) electrons. The third kappa shape index (κ3) is 2.75. The van der Waals surface area contributed by atoms with Gasteiger partial charge in [-0.3, -0.25) is 14.5 Å². The van der Waals surface area contributed by atoms with Crippen molar-refractivity contribution in [1.29, 1.82) is 0 Å². The maximum atomic E-state index is 14.3. The number of hydrogen-bond donors (Lipinski definition) is 0. The summed E-state index contributed by atoms with van der Waals surface area (Å²) in [7, 11) is 0. The Kier molecular flexibility index (Phi) is 4.56. The van der Waals surface area contributed by atoms with E-state index in [1.807, 2.05) is 24.3 Å². The Labute approximate surface area is 182 Å². The van der Waals surface area contributed by atoms with Gasteiger partial charge in [0.1, 0.15) is 5.82 Å². The van der Waals surface area contributed by atoms with Crippen LogP contribution in [0.5, 0.6) is 0 Å². The number of nitrogens with zero attached hydrogens (tertiary/aromatic N) is 2. The molecule has 4 nitrogen and oxygen atoms in total. The van der Waals surface area contributed by atoms with Gasteiger partial charge in [-0.25, -0.2) is 4.39 Å². The number of hydrogen-bond acceptors (Lipinski definition) is 3. The maximum absolute atomic E-state index is 14.3. The van der Waals surface area contributed by atoms with Crippen LogP contribution in [-0.2, 0) is 21.0 Å². The van der Waals surface area contributed by atoms with Gasteiger partial charge in [0.15, 0.2) is 0 Å². The van der Waals surface area contributed by atoms with Gasteiger partial charge in [0, 0.05) is 21.8 Å². The molecular formula is C23H16ClFN2O2S. The van der Waals surface area contributed by atoms with E-state index in [2.05, 4.69) is 0 Å². The lowest BCUT2D eigenvalue weighted by Gasteiger charge is -2.33. The minimum Gasteiger partial charge on any atom is -0.304 e. The first-order valence-corrected chi connectivity index (χ1v) is 10.8. The van der Waals surface area contributed by atoms with Crippen molar-refractivity contribution in [3.05, 3.63) is 94.8 Å². The summed E-state index contributed by atoms with van der Waals surface area (Å²) in [6.45, 7) is 0.0857. The quantitative estimate of drug-likeness (QED) is 0.580. The molecule has 3 aromatic carbocycles. The van der Waals surface area contributed by atoms with Gasteiger partial charge < -0.3 is 4.90 Å². The van der Waals surface area contributed by atoms with Crippen LogP contribution < -0.4 is 9.80 Å². The zero-order chi connectivity index (χ0) is 20.9. The summed E-state index contributed by atoms with van der Waals surface area (Å²) >= 11 is 7.46. The SMILES string of the molecule is O=C1CS[C@@]2(C(=O)N(Cc3ccccc3F)c3ccccc32)N1c1cccc(Cl)c1. The first-order chi connectivity index (χ1) is 14.5. The number of thioether (sulfide) groups is 1. The molecule has 150 valence electrons. The summed E-state index contributed by atoms with van der Waals surface area (Å²) in [5, 5.41) is 0.481. The average molecular weight is 439 g/mol. The first kappa shape index (κ1) is 19.2. The molecule has 1 atom stereocenters. The van der Waals surface area contributed by atoms with E-state index in [4.69, 9.17) is 11.6 Å². The van der Waals surface area contributed by atoms with Gasteiger partial charge in [0.2, 0.25) is 10.8 Å². The van der Waals surface area contributed by atoms with E-state index in [9.17, 15) is 14.0 Å². The predicted molar refractivity (Wildman–Crippen MR) is 117 cm³/mol. The molecule has 2 heterocycles. The monoisotopic (exact) mass is 438 g/mol. The second kappa shape index (κ2) is 7.15. The topological polar surface area (TPSA) is 40.6 Å². The van der Waals surface area contributed by atoms with Crippen molar-refractivity contribution in [2.75, 3.05) is 15.6 Å². The summed E-state index contributed by atoms with van der Waals surface area (Å²) in [6, 6.07) is 20.7. The molecule has 2 aliphatic heterocycles. The number of carbonyl (C=O) groups is 2. The number of carbonyl (C=O) groups excluding carboxylic acids is 2. The summed E-state index contributed by atoms with van der Waals surface area (Å²) < 4.78 is 14.3. The van der Waals surface area contributed by atoms with E-state index >= 15 is 0 Å². The molecule has 0 aliphatic carbocycles. The molecule has 3 aromatic rings. The predicted octanol–water partition coefficient (Wildman–Crippen LogP) is 4.96. The molecule has 2 amide bonds. The molecule has 0 unspecified atom stereocenters. The first-order valence-electron chi connectivity index (χ1n) is 9.40. The lowest BCUT2D eigenvalue weighted by molar-refractivity contribution is -0.123. The minimum absolute atomic E-state index is 0.0857. The zero-order valence-corrected chi connectivity index (χ0v) is 17.3. The third-order valence-corrected chi connectivity index (χ3v) is 7.04. The molecule has 1 saturated heterocycles. The van der Waals surface area contributed by atoms with Crippen molar-refractivity contribution in [2.45, 2.75) is 11.4 Å². The Balaban J connectivity index is 1.66. The fraction of sp³-hybridized carbons (Fsp3) is 0.130. The van der Waals surface area contributed by atoms with Gasteiger partial charge in [-0.05, 0) is 30.3 Å². The highest BCUT2D eigenvalue weighted by molar-refractivity contribution is 8.02. The smallest absolute Gasteiger partial charge is 0.269 e. The summed E-state index contributed by atoms with van der Waals surface area (Å²) in [5.41, 5.74) is 2.39. The number of amides is 2. The number of anilines is 2. The Morgan fingerprint density at radius 1 is 1.00 bits per heavy atom. The largest absolute Gasteiger partial charge is 0.304 e. The van der Waals surface area contributed by atoms with Gasteiger partial charge >= 0.3 is 0 Å². The molecule has 1 spiro atoms. The van der Waals surface area contributed by atoms with Crippen molar-refractivity contribution in [3.63, 3.8) is 0 Å². The number of para-hydroxylation sites is 1. The molecule has 0 saturated carbocycles. The van der Waals surface area contributed by atoms with Gasteiger partial charge in [-0.1, -0.05) is 54.1 Å². The lowest BCUT2D eigenvalue weighted by Crippen LogP contribution is -2.49. The second-order valence-corrected chi connectivity index (χ2v) is 8.75. The molecule has 1 fully saturated rings. The average Bonchev–Trinajstić information content (AvgIpc) is 3.21. The zero-order valence-electron chi connectivity index (χ0n) is 15.7. The second-order valence-electron chi connectivity index (χ2n) is 7.14. The van der Waals surface area contributed by atoms with Crippen LogP contribution in [0.4, 0.5) is 15.8 Å². The molecule has 2 aliphatic rings. The van der Waals surface area contributed by atoms with E-state index in [1.165, 1.54) is 22.7 Å². The van der Waals surface area contributed by atoms with E-state index in [0.29, 0.717) is 22.0 Å². The Hall–Kier alpha value is -2.83. The standard InChI is InChI=1S/C23H16ClFN2O2S/c24-16-7-5-8-17(12-16)27-21(28)14-30-23(27)18-9-2-4-11-20(18)26(22(23)29)13-15-6-1-3-10-19(15)25/h1-12H,13-14H2/t23-/m0/s1. The number of fused-ring (bicyclic) bond motifs is 2. The molecule has 7 heteroatoms. The van der Waals surface area contributed by atoms with E-state index in [-0.39, 0.29) is 29.9 Å². The highest BCUT2D eigenvalue weighted by atomic mass is 35.5. The van der Waals surface area contributed by atoms with Crippen LogP contribution in [0.25, 0.3) is 0 Å². The normalized spacial score (nSPS) is 20.3. The van der Waals surface area contributed by atoms with Crippen molar-refractivity contribution in [1.82, 2.24) is 0 Å². The summed E-state index contributed by atoms with van der Waals surface area (Å²) in [5.74, 6) is -0.633. The van der Waals surface area contributed by atoms with Crippen molar-refractivity contribution in [2.24, 2.45) is 0 Å². The number of rotatable bonds is 3. The number of benzene rings is 3. The lowest BCUT2D eigenvalue weighted by atomic mass is 10.0.